The van der Waals surface area contributed by atoms with E-state index in [4.69, 9.17) is 0 Å². The number of hydrogen-bond acceptors (Lipinski definition) is 3. The van der Waals surface area contributed by atoms with E-state index in [0.29, 0.717) is 5.82 Å². The van der Waals surface area contributed by atoms with Crippen molar-refractivity contribution in [1.82, 2.24) is 5.43 Å². The van der Waals surface area contributed by atoms with Gasteiger partial charge in [0, 0.05) is 6.21 Å². The predicted molar refractivity (Wildman–Crippen MR) is 45.1 cm³/mol. The van der Waals surface area contributed by atoms with Gasteiger partial charge in [0.1, 0.15) is 5.82 Å². The summed E-state index contributed by atoms with van der Waals surface area (Å²) >= 11 is 0. The van der Waals surface area contributed by atoms with Crippen molar-refractivity contribution in [3.63, 3.8) is 0 Å². The van der Waals surface area contributed by atoms with E-state index in [9.17, 15) is 0 Å². The Balaban J connectivity index is 3.94. The summed E-state index contributed by atoms with van der Waals surface area (Å²) in [6.45, 7) is 8.64. The smallest absolute Gasteiger partial charge is 0.145 e. The number of allylic oxidation sites excluding steroid dienone is 2. The van der Waals surface area contributed by atoms with Crippen molar-refractivity contribution in [3.8, 4) is 0 Å². The van der Waals surface area contributed by atoms with Gasteiger partial charge < -0.3 is 0 Å². The van der Waals surface area contributed by atoms with E-state index in [1.165, 1.54) is 0 Å². The topological polar surface area (TPSA) is 36.8 Å². The fraction of sp³-hybridized carbons (Fsp3) is 0.143. The summed E-state index contributed by atoms with van der Waals surface area (Å²) in [5.41, 5.74) is 2.65. The molecule has 0 bridgehead atoms. The van der Waals surface area contributed by atoms with Crippen LogP contribution in [0.3, 0.4) is 0 Å². The number of rotatable bonds is 4. The van der Waals surface area contributed by atoms with Crippen LogP contribution in [0.25, 0.3) is 0 Å². The predicted octanol–water partition coefficient (Wildman–Crippen LogP) is 1.31. The molecule has 0 fully saturated rings. The van der Waals surface area contributed by atoms with Gasteiger partial charge in [0.25, 0.3) is 0 Å². The van der Waals surface area contributed by atoms with E-state index < -0.39 is 0 Å². The van der Waals surface area contributed by atoms with Crippen LogP contribution in [0.2, 0.25) is 0 Å². The zero-order valence-corrected chi connectivity index (χ0v) is 6.04. The molecule has 0 unspecified atom stereocenters. The van der Waals surface area contributed by atoms with Gasteiger partial charge in [-0.15, -0.1) is 0 Å². The molecule has 0 radical (unpaired) electrons. The van der Waals surface area contributed by atoms with E-state index in [0.717, 1.165) is 0 Å². The first-order valence-electron chi connectivity index (χ1n) is 2.88. The quantitative estimate of drug-likeness (QED) is 0.354. The summed E-state index contributed by atoms with van der Waals surface area (Å²) < 4.78 is 0. The molecule has 0 amide bonds. The average Bonchev–Trinajstić information content (AvgIpc) is 1.98. The molecule has 10 heavy (non-hydrogen) atoms. The lowest BCUT2D eigenvalue weighted by atomic mass is 10.5. The SMILES string of the molecule is C=C/C=C(\N=C)N/N=C\C. The maximum Gasteiger partial charge on any atom is 0.145 e. The Bertz CT molecular complexity index is 168. The molecule has 0 atom stereocenters. The summed E-state index contributed by atoms with van der Waals surface area (Å²) in [6, 6.07) is 0. The standard InChI is InChI=1S/C7H11N3/c1-4-6-7(8-3)10-9-5-2/h4-6,10H,1,3H2,2H3/b7-6+,9-5-. The second-order valence-electron chi connectivity index (χ2n) is 1.44. The van der Waals surface area contributed by atoms with Crippen LogP contribution in [-0.2, 0) is 0 Å². The second kappa shape index (κ2) is 5.75. The summed E-state index contributed by atoms with van der Waals surface area (Å²) in [4.78, 5) is 3.63. The zero-order valence-electron chi connectivity index (χ0n) is 6.04. The van der Waals surface area contributed by atoms with Crippen molar-refractivity contribution in [3.05, 3.63) is 24.6 Å². The lowest BCUT2D eigenvalue weighted by molar-refractivity contribution is 0.879. The Hall–Kier alpha value is -1.38. The number of hydrogen-bond donors (Lipinski definition) is 1. The maximum atomic E-state index is 3.74. The molecule has 0 spiro atoms. The van der Waals surface area contributed by atoms with E-state index in [1.54, 1.807) is 18.4 Å². The van der Waals surface area contributed by atoms with E-state index >= 15 is 0 Å². The van der Waals surface area contributed by atoms with Crippen LogP contribution < -0.4 is 5.43 Å². The minimum atomic E-state index is 0.591. The molecule has 0 aromatic carbocycles. The largest absolute Gasteiger partial charge is 0.262 e. The first-order chi connectivity index (χ1) is 4.85. The number of nitrogens with zero attached hydrogens (tertiary/aromatic N) is 2. The van der Waals surface area contributed by atoms with Gasteiger partial charge in [-0.1, -0.05) is 12.7 Å². The third kappa shape index (κ3) is 3.60. The minimum absolute atomic E-state index is 0.591. The molecular weight excluding hydrogens is 126 g/mol. The van der Waals surface area contributed by atoms with Gasteiger partial charge in [0.05, 0.1) is 0 Å². The Morgan fingerprint density at radius 3 is 2.70 bits per heavy atom. The summed E-state index contributed by atoms with van der Waals surface area (Å²) in [5, 5.41) is 3.74. The number of aliphatic imine (C=N–C) groups is 1. The molecule has 0 aliphatic carbocycles. The van der Waals surface area contributed by atoms with Crippen LogP contribution in [-0.4, -0.2) is 12.9 Å². The van der Waals surface area contributed by atoms with Crippen molar-refractivity contribution >= 4 is 12.9 Å². The van der Waals surface area contributed by atoms with Gasteiger partial charge in [-0.3, -0.25) is 5.43 Å². The molecular formula is C7H11N3. The minimum Gasteiger partial charge on any atom is -0.262 e. The lowest BCUT2D eigenvalue weighted by Crippen LogP contribution is -2.01. The molecule has 0 heterocycles. The fourth-order valence-electron chi connectivity index (χ4n) is 0.368. The van der Waals surface area contributed by atoms with Gasteiger partial charge in [-0.2, -0.15) is 5.10 Å². The number of nitrogens with one attached hydrogen (secondary N) is 1. The molecule has 0 aromatic heterocycles. The maximum absolute atomic E-state index is 3.74. The Morgan fingerprint density at radius 2 is 2.30 bits per heavy atom. The molecule has 0 aromatic rings. The van der Waals surface area contributed by atoms with Crippen molar-refractivity contribution in [1.29, 1.82) is 0 Å². The fourth-order valence-corrected chi connectivity index (χ4v) is 0.368. The normalized spacial score (nSPS) is 11.5. The summed E-state index contributed by atoms with van der Waals surface area (Å²) in [6.07, 6.45) is 4.92. The van der Waals surface area contributed by atoms with E-state index in [-0.39, 0.29) is 0 Å². The van der Waals surface area contributed by atoms with Gasteiger partial charge in [0.15, 0.2) is 0 Å². The molecule has 1 N–H and O–H groups in total. The third-order valence-corrected chi connectivity index (χ3v) is 0.754. The first-order valence-corrected chi connectivity index (χ1v) is 2.88. The van der Waals surface area contributed by atoms with Gasteiger partial charge in [0.2, 0.25) is 0 Å². The summed E-state index contributed by atoms with van der Waals surface area (Å²) in [7, 11) is 0. The van der Waals surface area contributed by atoms with Crippen LogP contribution in [0.15, 0.2) is 34.6 Å². The lowest BCUT2D eigenvalue weighted by Gasteiger charge is -1.95. The molecule has 0 saturated heterocycles. The zero-order chi connectivity index (χ0) is 7.82. The third-order valence-electron chi connectivity index (χ3n) is 0.754. The van der Waals surface area contributed by atoms with Crippen molar-refractivity contribution in [2.45, 2.75) is 6.92 Å². The van der Waals surface area contributed by atoms with Gasteiger partial charge in [-0.25, -0.2) is 4.99 Å². The van der Waals surface area contributed by atoms with Crippen LogP contribution in [0.1, 0.15) is 6.92 Å². The molecule has 0 saturated carbocycles. The second-order valence-corrected chi connectivity index (χ2v) is 1.44. The van der Waals surface area contributed by atoms with Crippen LogP contribution in [0.5, 0.6) is 0 Å². The molecule has 0 aliphatic heterocycles. The van der Waals surface area contributed by atoms with Crippen LogP contribution >= 0.6 is 0 Å². The highest BCUT2D eigenvalue weighted by molar-refractivity contribution is 5.52. The van der Waals surface area contributed by atoms with E-state index in [2.05, 4.69) is 28.8 Å². The van der Waals surface area contributed by atoms with E-state index in [1.807, 2.05) is 6.92 Å². The Morgan fingerprint density at radius 1 is 1.60 bits per heavy atom. The first kappa shape index (κ1) is 8.62. The Kier molecular flexibility index (Phi) is 4.96. The highest BCUT2D eigenvalue weighted by Gasteiger charge is 1.82. The monoisotopic (exact) mass is 137 g/mol. The van der Waals surface area contributed by atoms with Crippen LogP contribution in [0.4, 0.5) is 0 Å². The molecule has 0 rings (SSSR count). The van der Waals surface area contributed by atoms with Crippen molar-refractivity contribution < 1.29 is 0 Å². The van der Waals surface area contributed by atoms with Gasteiger partial charge >= 0.3 is 0 Å². The molecule has 3 nitrogen and oxygen atoms in total. The average molecular weight is 137 g/mol. The molecule has 54 valence electrons. The molecule has 3 heteroatoms. The van der Waals surface area contributed by atoms with Crippen LogP contribution in [0, 0.1) is 0 Å². The number of hydrazone groups is 1. The van der Waals surface area contributed by atoms with Gasteiger partial charge in [-0.05, 0) is 19.7 Å². The Labute approximate surface area is 60.9 Å². The summed E-state index contributed by atoms with van der Waals surface area (Å²) in [5.74, 6) is 0.591. The molecule has 0 aliphatic rings. The van der Waals surface area contributed by atoms with Crippen molar-refractivity contribution in [2.75, 3.05) is 0 Å². The van der Waals surface area contributed by atoms with Crippen molar-refractivity contribution in [2.24, 2.45) is 10.1 Å². The highest BCUT2D eigenvalue weighted by Crippen LogP contribution is 1.88. The highest BCUT2D eigenvalue weighted by atomic mass is 15.3.